The summed E-state index contributed by atoms with van der Waals surface area (Å²) in [4.78, 5) is 16.8. The molecule has 0 fully saturated rings. The average molecular weight is 315 g/mol. The van der Waals surface area contributed by atoms with Crippen LogP contribution in [0.25, 0.3) is 21.5 Å². The molecule has 0 bridgehead atoms. The number of amides is 2. The van der Waals surface area contributed by atoms with Crippen molar-refractivity contribution in [3.63, 3.8) is 0 Å². The van der Waals surface area contributed by atoms with Gasteiger partial charge in [-0.05, 0) is 33.9 Å². The van der Waals surface area contributed by atoms with E-state index in [0.717, 1.165) is 32.8 Å². The lowest BCUT2D eigenvalue weighted by molar-refractivity contribution is 0.253. The third-order valence-corrected chi connectivity index (χ3v) is 4.29. The van der Waals surface area contributed by atoms with Crippen molar-refractivity contribution < 1.29 is 4.79 Å². The van der Waals surface area contributed by atoms with E-state index in [-0.39, 0.29) is 0 Å². The Balaban J connectivity index is 1.77. The van der Waals surface area contributed by atoms with Gasteiger partial charge in [-0.2, -0.15) is 0 Å². The highest BCUT2D eigenvalue weighted by Gasteiger charge is 2.15. The van der Waals surface area contributed by atoms with E-state index < -0.39 is 6.03 Å². The number of carbonyl (C=O) groups is 1. The molecule has 3 N–H and O–H groups in total. The molecule has 118 valence electrons. The van der Waals surface area contributed by atoms with Gasteiger partial charge in [0.2, 0.25) is 0 Å². The number of anilines is 1. The van der Waals surface area contributed by atoms with E-state index in [4.69, 9.17) is 5.73 Å². The number of hydrogen-bond acceptors (Lipinski definition) is 1. The molecule has 4 aromatic rings. The normalized spacial score (nSPS) is 11.0. The topological polar surface area (TPSA) is 62.1 Å². The molecule has 0 aliphatic carbocycles. The second-order valence-corrected chi connectivity index (χ2v) is 5.84. The maximum absolute atomic E-state index is 12.1. The van der Waals surface area contributed by atoms with Crippen LogP contribution in [0.5, 0.6) is 0 Å². The zero-order chi connectivity index (χ0) is 16.5. The van der Waals surface area contributed by atoms with Crippen LogP contribution in [0.4, 0.5) is 10.5 Å². The van der Waals surface area contributed by atoms with E-state index >= 15 is 0 Å². The summed E-state index contributed by atoms with van der Waals surface area (Å²) >= 11 is 0. The monoisotopic (exact) mass is 315 g/mol. The van der Waals surface area contributed by atoms with Gasteiger partial charge in [-0.25, -0.2) is 4.79 Å². The van der Waals surface area contributed by atoms with Gasteiger partial charge in [0, 0.05) is 17.8 Å². The van der Waals surface area contributed by atoms with Crippen LogP contribution in [-0.2, 0) is 6.54 Å². The van der Waals surface area contributed by atoms with Crippen molar-refractivity contribution in [2.24, 2.45) is 5.73 Å². The van der Waals surface area contributed by atoms with E-state index in [9.17, 15) is 4.79 Å². The molecule has 0 saturated heterocycles. The minimum Gasteiger partial charge on any atom is -0.366 e. The SMILES string of the molecule is NC(=O)N(Cc1ccc2c[nH]cc2c1)c1cccc2ccccc12. The van der Waals surface area contributed by atoms with Gasteiger partial charge in [0.15, 0.2) is 0 Å². The highest BCUT2D eigenvalue weighted by molar-refractivity contribution is 6.02. The predicted octanol–water partition coefficient (Wildman–Crippen LogP) is 4.41. The van der Waals surface area contributed by atoms with E-state index in [2.05, 4.69) is 11.1 Å². The second kappa shape index (κ2) is 5.74. The molecule has 4 rings (SSSR count). The summed E-state index contributed by atoms with van der Waals surface area (Å²) in [6.07, 6.45) is 3.90. The fourth-order valence-corrected chi connectivity index (χ4v) is 3.11. The molecule has 1 aromatic heterocycles. The lowest BCUT2D eigenvalue weighted by Crippen LogP contribution is -2.35. The number of nitrogens with two attached hydrogens (primary N) is 1. The number of nitrogens with one attached hydrogen (secondary N) is 1. The molecule has 4 heteroatoms. The molecule has 4 nitrogen and oxygen atoms in total. The second-order valence-electron chi connectivity index (χ2n) is 5.84. The third-order valence-electron chi connectivity index (χ3n) is 4.29. The number of benzene rings is 3. The number of nitrogens with zero attached hydrogens (tertiary/aromatic N) is 1. The highest BCUT2D eigenvalue weighted by atomic mass is 16.2. The van der Waals surface area contributed by atoms with Gasteiger partial charge in [-0.1, -0.05) is 48.5 Å². The number of rotatable bonds is 3. The summed E-state index contributed by atoms with van der Waals surface area (Å²) in [7, 11) is 0. The first-order valence-corrected chi connectivity index (χ1v) is 7.82. The Morgan fingerprint density at radius 2 is 1.71 bits per heavy atom. The molecular weight excluding hydrogens is 298 g/mol. The predicted molar refractivity (Wildman–Crippen MR) is 98.0 cm³/mol. The molecule has 0 saturated carbocycles. The summed E-state index contributed by atoms with van der Waals surface area (Å²) < 4.78 is 0. The maximum atomic E-state index is 12.1. The van der Waals surface area contributed by atoms with Crippen molar-refractivity contribution in [1.29, 1.82) is 0 Å². The van der Waals surface area contributed by atoms with Gasteiger partial charge >= 0.3 is 6.03 Å². The number of aromatic nitrogens is 1. The molecule has 0 aliphatic heterocycles. The van der Waals surface area contributed by atoms with Crippen LogP contribution in [0.2, 0.25) is 0 Å². The van der Waals surface area contributed by atoms with Crippen molar-refractivity contribution >= 4 is 33.3 Å². The first-order chi connectivity index (χ1) is 11.7. The molecular formula is C20H17N3O. The van der Waals surface area contributed by atoms with Crippen LogP contribution < -0.4 is 10.6 Å². The summed E-state index contributed by atoms with van der Waals surface area (Å²) in [6, 6.07) is 19.6. The molecule has 2 amide bonds. The van der Waals surface area contributed by atoms with E-state index in [0.29, 0.717) is 6.54 Å². The number of primary amides is 1. The maximum Gasteiger partial charge on any atom is 0.319 e. The highest BCUT2D eigenvalue weighted by Crippen LogP contribution is 2.28. The fraction of sp³-hybridized carbons (Fsp3) is 0.0500. The minimum absolute atomic E-state index is 0.435. The average Bonchev–Trinajstić information content (AvgIpc) is 3.07. The van der Waals surface area contributed by atoms with Crippen LogP contribution >= 0.6 is 0 Å². The molecule has 0 unspecified atom stereocenters. The molecule has 0 radical (unpaired) electrons. The Morgan fingerprint density at radius 3 is 2.58 bits per heavy atom. The molecule has 0 aliphatic rings. The molecule has 1 heterocycles. The van der Waals surface area contributed by atoms with Crippen LogP contribution in [0.1, 0.15) is 5.56 Å². The summed E-state index contributed by atoms with van der Waals surface area (Å²) in [5, 5.41) is 4.37. The number of fused-ring (bicyclic) bond motifs is 2. The van der Waals surface area contributed by atoms with E-state index in [1.807, 2.05) is 67.0 Å². The van der Waals surface area contributed by atoms with Crippen LogP contribution in [0.15, 0.2) is 73.1 Å². The molecule has 0 spiro atoms. The Labute approximate surface area is 139 Å². The standard InChI is InChI=1S/C20H17N3O/c21-20(24)23(13-14-8-9-16-11-22-12-17(16)10-14)19-7-3-5-15-4-1-2-6-18(15)19/h1-12,22H,13H2,(H2,21,24). The Morgan fingerprint density at radius 1 is 0.917 bits per heavy atom. The van der Waals surface area contributed by atoms with Crippen molar-refractivity contribution in [3.05, 3.63) is 78.6 Å². The number of urea groups is 1. The lowest BCUT2D eigenvalue weighted by Gasteiger charge is -2.22. The van der Waals surface area contributed by atoms with Gasteiger partial charge < -0.3 is 10.7 Å². The van der Waals surface area contributed by atoms with Gasteiger partial charge in [0.1, 0.15) is 0 Å². The zero-order valence-corrected chi connectivity index (χ0v) is 13.1. The Kier molecular flexibility index (Phi) is 3.43. The van der Waals surface area contributed by atoms with Crippen molar-refractivity contribution in [2.75, 3.05) is 4.90 Å². The molecule has 0 atom stereocenters. The zero-order valence-electron chi connectivity index (χ0n) is 13.1. The minimum atomic E-state index is -0.458. The summed E-state index contributed by atoms with van der Waals surface area (Å²) in [5.74, 6) is 0. The number of hydrogen-bond donors (Lipinski definition) is 2. The summed E-state index contributed by atoms with van der Waals surface area (Å²) in [5.41, 5.74) is 7.55. The largest absolute Gasteiger partial charge is 0.366 e. The summed E-state index contributed by atoms with van der Waals surface area (Å²) in [6.45, 7) is 0.435. The van der Waals surface area contributed by atoms with Crippen molar-refractivity contribution in [2.45, 2.75) is 6.54 Å². The number of H-pyrrole nitrogens is 1. The van der Waals surface area contributed by atoms with Gasteiger partial charge in [-0.15, -0.1) is 0 Å². The fourth-order valence-electron chi connectivity index (χ4n) is 3.11. The van der Waals surface area contributed by atoms with E-state index in [1.54, 1.807) is 4.90 Å². The number of carbonyl (C=O) groups excluding carboxylic acids is 1. The Hall–Kier alpha value is -3.27. The van der Waals surface area contributed by atoms with Gasteiger partial charge in [0.25, 0.3) is 0 Å². The molecule has 3 aromatic carbocycles. The lowest BCUT2D eigenvalue weighted by atomic mass is 10.1. The van der Waals surface area contributed by atoms with Crippen molar-refractivity contribution in [3.8, 4) is 0 Å². The molecule has 24 heavy (non-hydrogen) atoms. The smallest absolute Gasteiger partial charge is 0.319 e. The van der Waals surface area contributed by atoms with E-state index in [1.165, 1.54) is 0 Å². The van der Waals surface area contributed by atoms with Crippen LogP contribution in [0.3, 0.4) is 0 Å². The van der Waals surface area contributed by atoms with Gasteiger partial charge in [-0.3, -0.25) is 4.90 Å². The first kappa shape index (κ1) is 14.3. The number of aromatic amines is 1. The Bertz CT molecular complexity index is 1030. The van der Waals surface area contributed by atoms with Gasteiger partial charge in [0.05, 0.1) is 12.2 Å². The first-order valence-electron chi connectivity index (χ1n) is 7.82. The van der Waals surface area contributed by atoms with Crippen molar-refractivity contribution in [1.82, 2.24) is 4.98 Å². The van der Waals surface area contributed by atoms with Crippen LogP contribution in [0, 0.1) is 0 Å². The van der Waals surface area contributed by atoms with Crippen LogP contribution in [-0.4, -0.2) is 11.0 Å². The third kappa shape index (κ3) is 2.48. The quantitative estimate of drug-likeness (QED) is 0.578.